The molecule has 0 spiro atoms. The zero-order valence-electron chi connectivity index (χ0n) is 16.5. The molecular weight excluding hydrogens is 344 g/mol. The van der Waals surface area contributed by atoms with Crippen LogP contribution in [0, 0.1) is 20.8 Å². The summed E-state index contributed by atoms with van der Waals surface area (Å²) in [7, 11) is 1.58. The molecule has 144 valence electrons. The van der Waals surface area contributed by atoms with Crippen LogP contribution in [0.2, 0.25) is 0 Å². The number of ether oxygens (including phenoxy) is 3. The van der Waals surface area contributed by atoms with Crippen LogP contribution in [0.25, 0.3) is 0 Å². The highest BCUT2D eigenvalue weighted by atomic mass is 16.5. The van der Waals surface area contributed by atoms with Gasteiger partial charge in [-0.15, -0.1) is 0 Å². The van der Waals surface area contributed by atoms with Gasteiger partial charge in [0, 0.05) is 5.56 Å². The van der Waals surface area contributed by atoms with E-state index in [2.05, 4.69) is 10.5 Å². The van der Waals surface area contributed by atoms with Gasteiger partial charge in [0.25, 0.3) is 5.91 Å². The van der Waals surface area contributed by atoms with Gasteiger partial charge in [0.05, 0.1) is 19.9 Å². The Kier molecular flexibility index (Phi) is 7.23. The smallest absolute Gasteiger partial charge is 0.277 e. The zero-order chi connectivity index (χ0) is 19.8. The molecule has 0 saturated carbocycles. The second-order valence-electron chi connectivity index (χ2n) is 6.05. The van der Waals surface area contributed by atoms with E-state index in [0.717, 1.165) is 22.4 Å². The molecule has 6 nitrogen and oxygen atoms in total. The van der Waals surface area contributed by atoms with E-state index in [-0.39, 0.29) is 12.5 Å². The van der Waals surface area contributed by atoms with Crippen molar-refractivity contribution in [3.63, 3.8) is 0 Å². The highest BCUT2D eigenvalue weighted by Gasteiger charge is 2.10. The number of methoxy groups -OCH3 is 1. The lowest BCUT2D eigenvalue weighted by molar-refractivity contribution is -0.123. The first-order valence-electron chi connectivity index (χ1n) is 8.79. The van der Waals surface area contributed by atoms with Crippen LogP contribution < -0.4 is 19.6 Å². The molecule has 0 aromatic heterocycles. The van der Waals surface area contributed by atoms with E-state index < -0.39 is 0 Å². The number of hydrazone groups is 1. The van der Waals surface area contributed by atoms with E-state index in [1.54, 1.807) is 13.2 Å². The second kappa shape index (κ2) is 9.62. The minimum Gasteiger partial charge on any atom is -0.493 e. The van der Waals surface area contributed by atoms with E-state index in [1.807, 2.05) is 52.0 Å². The van der Waals surface area contributed by atoms with Gasteiger partial charge in [0.1, 0.15) is 5.75 Å². The molecule has 0 heterocycles. The summed E-state index contributed by atoms with van der Waals surface area (Å²) < 4.78 is 16.6. The van der Waals surface area contributed by atoms with Gasteiger partial charge < -0.3 is 14.2 Å². The predicted octanol–water partition coefficient (Wildman–Crippen LogP) is 3.55. The Labute approximate surface area is 160 Å². The van der Waals surface area contributed by atoms with Crippen molar-refractivity contribution < 1.29 is 19.0 Å². The molecule has 0 atom stereocenters. The summed E-state index contributed by atoms with van der Waals surface area (Å²) in [5.74, 6) is 1.59. The minimum absolute atomic E-state index is 0.112. The van der Waals surface area contributed by atoms with Crippen LogP contribution >= 0.6 is 0 Å². The maximum absolute atomic E-state index is 12.0. The standard InChI is InChI=1S/C21H26N2O4/c1-6-26-21-17(8-7-9-18(21)25-5)12-22-23-19(24)13-27-20-15(3)11-10-14(2)16(20)4/h7-12H,6,13H2,1-5H3,(H,23,24)/b22-12+. The van der Waals surface area contributed by atoms with Crippen molar-refractivity contribution in [1.82, 2.24) is 5.43 Å². The van der Waals surface area contributed by atoms with Gasteiger partial charge in [-0.1, -0.05) is 18.2 Å². The van der Waals surface area contributed by atoms with Crippen molar-refractivity contribution in [1.29, 1.82) is 0 Å². The molecule has 6 heteroatoms. The average Bonchev–Trinajstić information content (AvgIpc) is 2.66. The zero-order valence-corrected chi connectivity index (χ0v) is 16.5. The maximum Gasteiger partial charge on any atom is 0.277 e. The number of nitrogens with one attached hydrogen (secondary N) is 1. The van der Waals surface area contributed by atoms with Gasteiger partial charge >= 0.3 is 0 Å². The molecule has 0 fully saturated rings. The monoisotopic (exact) mass is 370 g/mol. The highest BCUT2D eigenvalue weighted by Crippen LogP contribution is 2.30. The second-order valence-corrected chi connectivity index (χ2v) is 6.05. The van der Waals surface area contributed by atoms with Crippen LogP contribution in [0.5, 0.6) is 17.2 Å². The fourth-order valence-electron chi connectivity index (χ4n) is 2.59. The Morgan fingerprint density at radius 2 is 1.81 bits per heavy atom. The number of rotatable bonds is 8. The van der Waals surface area contributed by atoms with E-state index in [4.69, 9.17) is 14.2 Å². The Morgan fingerprint density at radius 3 is 2.52 bits per heavy atom. The van der Waals surface area contributed by atoms with Gasteiger partial charge in [-0.05, 0) is 56.5 Å². The van der Waals surface area contributed by atoms with Crippen LogP contribution in [0.4, 0.5) is 0 Å². The topological polar surface area (TPSA) is 69.2 Å². The van der Waals surface area contributed by atoms with Gasteiger partial charge in [-0.2, -0.15) is 5.10 Å². The molecule has 0 aliphatic heterocycles. The summed E-state index contributed by atoms with van der Waals surface area (Å²) in [4.78, 5) is 12.0. The normalized spacial score (nSPS) is 10.7. The van der Waals surface area contributed by atoms with Gasteiger partial charge in [0.2, 0.25) is 0 Å². The first-order chi connectivity index (χ1) is 13.0. The lowest BCUT2D eigenvalue weighted by Crippen LogP contribution is -2.25. The SMILES string of the molecule is CCOc1c(/C=N/NC(=O)COc2c(C)ccc(C)c2C)cccc1OC. The van der Waals surface area contributed by atoms with Crippen molar-refractivity contribution in [3.05, 3.63) is 52.6 Å². The summed E-state index contributed by atoms with van der Waals surface area (Å²) in [5.41, 5.74) is 6.33. The largest absolute Gasteiger partial charge is 0.493 e. The third-order valence-electron chi connectivity index (χ3n) is 4.13. The number of nitrogens with zero attached hydrogens (tertiary/aromatic N) is 1. The number of hydrogen-bond acceptors (Lipinski definition) is 5. The van der Waals surface area contributed by atoms with Crippen LogP contribution in [0.1, 0.15) is 29.2 Å². The molecule has 2 aromatic rings. The molecule has 1 N–H and O–H groups in total. The van der Waals surface area contributed by atoms with E-state index >= 15 is 0 Å². The number of amides is 1. The Balaban J connectivity index is 1.99. The molecule has 0 unspecified atom stereocenters. The van der Waals surface area contributed by atoms with E-state index in [1.165, 1.54) is 6.21 Å². The molecule has 27 heavy (non-hydrogen) atoms. The van der Waals surface area contributed by atoms with Gasteiger partial charge in [-0.25, -0.2) is 5.43 Å². The van der Waals surface area contributed by atoms with Gasteiger partial charge in [0.15, 0.2) is 18.1 Å². The summed E-state index contributed by atoms with van der Waals surface area (Å²) >= 11 is 0. The van der Waals surface area contributed by atoms with Crippen LogP contribution in [-0.2, 0) is 4.79 Å². The van der Waals surface area contributed by atoms with E-state index in [9.17, 15) is 4.79 Å². The maximum atomic E-state index is 12.0. The minimum atomic E-state index is -0.340. The molecule has 2 rings (SSSR count). The van der Waals surface area contributed by atoms with Crippen LogP contribution in [0.3, 0.4) is 0 Å². The summed E-state index contributed by atoms with van der Waals surface area (Å²) in [5, 5.41) is 3.99. The molecule has 0 aliphatic carbocycles. The Morgan fingerprint density at radius 1 is 1.07 bits per heavy atom. The van der Waals surface area contributed by atoms with Crippen molar-refractivity contribution in [2.24, 2.45) is 5.10 Å². The lowest BCUT2D eigenvalue weighted by Gasteiger charge is -2.13. The van der Waals surface area contributed by atoms with Crippen molar-refractivity contribution >= 4 is 12.1 Å². The summed E-state index contributed by atoms with van der Waals surface area (Å²) in [6.07, 6.45) is 1.52. The fraction of sp³-hybridized carbons (Fsp3) is 0.333. The Hall–Kier alpha value is -3.02. The Bertz CT molecular complexity index is 831. The van der Waals surface area contributed by atoms with Crippen LogP contribution in [0.15, 0.2) is 35.4 Å². The predicted molar refractivity (Wildman–Crippen MR) is 106 cm³/mol. The first kappa shape index (κ1) is 20.3. The third-order valence-corrected chi connectivity index (χ3v) is 4.13. The first-order valence-corrected chi connectivity index (χ1v) is 8.79. The number of hydrogen-bond donors (Lipinski definition) is 1. The highest BCUT2D eigenvalue weighted by molar-refractivity contribution is 5.86. The molecular formula is C21H26N2O4. The van der Waals surface area contributed by atoms with E-state index in [0.29, 0.717) is 23.7 Å². The summed E-state index contributed by atoms with van der Waals surface area (Å²) in [6, 6.07) is 9.48. The van der Waals surface area contributed by atoms with Crippen LogP contribution in [-0.4, -0.2) is 32.4 Å². The van der Waals surface area contributed by atoms with Crippen molar-refractivity contribution in [2.75, 3.05) is 20.3 Å². The summed E-state index contributed by atoms with van der Waals surface area (Å²) in [6.45, 7) is 8.22. The number of carbonyl (C=O) groups excluding carboxylic acids is 1. The fourth-order valence-corrected chi connectivity index (χ4v) is 2.59. The number of aryl methyl sites for hydroxylation is 2. The molecule has 2 aromatic carbocycles. The quantitative estimate of drug-likeness (QED) is 0.570. The van der Waals surface area contributed by atoms with Gasteiger partial charge in [-0.3, -0.25) is 4.79 Å². The molecule has 0 radical (unpaired) electrons. The van der Waals surface area contributed by atoms with Crippen molar-refractivity contribution in [2.45, 2.75) is 27.7 Å². The average molecular weight is 370 g/mol. The molecule has 0 bridgehead atoms. The third kappa shape index (κ3) is 5.23. The van der Waals surface area contributed by atoms with Crippen molar-refractivity contribution in [3.8, 4) is 17.2 Å². The molecule has 1 amide bonds. The molecule has 0 saturated heterocycles. The molecule has 0 aliphatic rings. The lowest BCUT2D eigenvalue weighted by atomic mass is 10.1. The number of carbonyl (C=O) groups is 1. The number of para-hydroxylation sites is 1. The number of benzene rings is 2.